The molecule has 1 aliphatic rings. The molecule has 0 spiro atoms. The quantitative estimate of drug-likeness (QED) is 0.727. The summed E-state index contributed by atoms with van der Waals surface area (Å²) in [5.41, 5.74) is 1.64. The zero-order valence-corrected chi connectivity index (χ0v) is 15.4. The third-order valence-corrected chi connectivity index (χ3v) is 3.96. The van der Waals surface area contributed by atoms with Crippen molar-refractivity contribution in [1.29, 1.82) is 0 Å². The second kappa shape index (κ2) is 10.0. The van der Waals surface area contributed by atoms with Gasteiger partial charge in [-0.15, -0.1) is 12.4 Å². The molecule has 1 aliphatic heterocycles. The number of morpholine rings is 1. The maximum absolute atomic E-state index is 13.2. The summed E-state index contributed by atoms with van der Waals surface area (Å²) >= 11 is 0. The SMILES string of the molecule is Cl.O=C(Nc1cccc(CNC(=O)C2CNCCO2)c1)c1cccc(F)c1. The lowest BCUT2D eigenvalue weighted by molar-refractivity contribution is -0.134. The Labute approximate surface area is 162 Å². The van der Waals surface area contributed by atoms with Gasteiger partial charge in [0.15, 0.2) is 0 Å². The van der Waals surface area contributed by atoms with Crippen LogP contribution in [0.3, 0.4) is 0 Å². The minimum absolute atomic E-state index is 0. The number of ether oxygens (including phenoxy) is 1. The van der Waals surface area contributed by atoms with E-state index in [0.29, 0.717) is 25.4 Å². The van der Waals surface area contributed by atoms with Gasteiger partial charge in [-0.05, 0) is 35.9 Å². The smallest absolute Gasteiger partial charge is 0.255 e. The molecule has 2 aromatic carbocycles. The molecule has 0 aromatic heterocycles. The topological polar surface area (TPSA) is 79.5 Å². The Kier molecular flexibility index (Phi) is 7.72. The fraction of sp³-hybridized carbons (Fsp3) is 0.263. The number of carbonyl (C=O) groups excluding carboxylic acids is 2. The summed E-state index contributed by atoms with van der Waals surface area (Å²) in [7, 11) is 0. The average Bonchev–Trinajstić information content (AvgIpc) is 2.67. The van der Waals surface area contributed by atoms with E-state index < -0.39 is 17.8 Å². The van der Waals surface area contributed by atoms with Crippen molar-refractivity contribution in [2.45, 2.75) is 12.6 Å². The molecule has 27 heavy (non-hydrogen) atoms. The molecular formula is C19H21ClFN3O3. The second-order valence-corrected chi connectivity index (χ2v) is 5.95. The number of carbonyl (C=O) groups is 2. The average molecular weight is 394 g/mol. The van der Waals surface area contributed by atoms with Crippen molar-refractivity contribution in [1.82, 2.24) is 10.6 Å². The Morgan fingerprint density at radius 3 is 2.74 bits per heavy atom. The second-order valence-electron chi connectivity index (χ2n) is 5.95. The fourth-order valence-electron chi connectivity index (χ4n) is 2.63. The lowest BCUT2D eigenvalue weighted by Crippen LogP contribution is -2.47. The summed E-state index contributed by atoms with van der Waals surface area (Å²) in [5.74, 6) is -1.03. The van der Waals surface area contributed by atoms with Gasteiger partial charge >= 0.3 is 0 Å². The van der Waals surface area contributed by atoms with Crippen LogP contribution in [0.4, 0.5) is 10.1 Å². The Hall–Kier alpha value is -2.48. The molecule has 2 aromatic rings. The van der Waals surface area contributed by atoms with E-state index in [-0.39, 0.29) is 23.9 Å². The first-order valence-electron chi connectivity index (χ1n) is 8.38. The van der Waals surface area contributed by atoms with E-state index in [1.54, 1.807) is 24.3 Å². The number of anilines is 1. The molecule has 0 radical (unpaired) electrons. The highest BCUT2D eigenvalue weighted by Crippen LogP contribution is 2.13. The first-order chi connectivity index (χ1) is 12.6. The Balaban J connectivity index is 0.00000261. The summed E-state index contributed by atoms with van der Waals surface area (Å²) in [4.78, 5) is 24.2. The van der Waals surface area contributed by atoms with E-state index in [1.807, 2.05) is 6.07 Å². The molecule has 1 atom stereocenters. The number of amides is 2. The molecule has 144 valence electrons. The van der Waals surface area contributed by atoms with Crippen molar-refractivity contribution in [2.24, 2.45) is 0 Å². The van der Waals surface area contributed by atoms with Crippen LogP contribution >= 0.6 is 12.4 Å². The Morgan fingerprint density at radius 1 is 1.19 bits per heavy atom. The highest BCUT2D eigenvalue weighted by molar-refractivity contribution is 6.04. The maximum atomic E-state index is 13.2. The summed E-state index contributed by atoms with van der Waals surface area (Å²) in [6.45, 7) is 2.08. The van der Waals surface area contributed by atoms with Gasteiger partial charge in [-0.3, -0.25) is 9.59 Å². The number of halogens is 2. The molecule has 3 rings (SSSR count). The van der Waals surface area contributed by atoms with Crippen LogP contribution in [0, 0.1) is 5.82 Å². The van der Waals surface area contributed by atoms with Crippen LogP contribution in [-0.2, 0) is 16.1 Å². The molecule has 3 N–H and O–H groups in total. The van der Waals surface area contributed by atoms with E-state index in [9.17, 15) is 14.0 Å². The Bertz CT molecular complexity index is 797. The molecule has 1 heterocycles. The van der Waals surface area contributed by atoms with Gasteiger partial charge in [0.1, 0.15) is 11.9 Å². The normalized spacial score (nSPS) is 16.1. The lowest BCUT2D eigenvalue weighted by Gasteiger charge is -2.22. The minimum atomic E-state index is -0.486. The number of hydrogen-bond acceptors (Lipinski definition) is 4. The van der Waals surface area contributed by atoms with Gasteiger partial charge in [0, 0.05) is 30.9 Å². The number of benzene rings is 2. The Morgan fingerprint density at radius 2 is 2.00 bits per heavy atom. The lowest BCUT2D eigenvalue weighted by atomic mass is 10.1. The van der Waals surface area contributed by atoms with Crippen LogP contribution < -0.4 is 16.0 Å². The molecule has 2 amide bonds. The van der Waals surface area contributed by atoms with E-state index in [4.69, 9.17) is 4.74 Å². The van der Waals surface area contributed by atoms with Crippen LogP contribution in [0.25, 0.3) is 0 Å². The van der Waals surface area contributed by atoms with Gasteiger partial charge in [-0.25, -0.2) is 4.39 Å². The van der Waals surface area contributed by atoms with Crippen LogP contribution in [0.5, 0.6) is 0 Å². The fourth-order valence-corrected chi connectivity index (χ4v) is 2.63. The van der Waals surface area contributed by atoms with Crippen molar-refractivity contribution in [2.75, 3.05) is 25.0 Å². The molecule has 8 heteroatoms. The maximum Gasteiger partial charge on any atom is 0.255 e. The zero-order chi connectivity index (χ0) is 18.4. The molecule has 1 unspecified atom stereocenters. The summed E-state index contributed by atoms with van der Waals surface area (Å²) in [6, 6.07) is 12.6. The van der Waals surface area contributed by atoms with E-state index in [1.165, 1.54) is 18.2 Å². The van der Waals surface area contributed by atoms with Gasteiger partial charge in [0.2, 0.25) is 0 Å². The molecule has 1 fully saturated rings. The highest BCUT2D eigenvalue weighted by Gasteiger charge is 2.21. The first kappa shape index (κ1) is 20.8. The molecule has 1 saturated heterocycles. The number of hydrogen-bond donors (Lipinski definition) is 3. The first-order valence-corrected chi connectivity index (χ1v) is 8.38. The zero-order valence-electron chi connectivity index (χ0n) is 14.5. The molecule has 0 bridgehead atoms. The van der Waals surface area contributed by atoms with Crippen molar-refractivity contribution in [3.63, 3.8) is 0 Å². The molecular weight excluding hydrogens is 373 g/mol. The van der Waals surface area contributed by atoms with Crippen molar-refractivity contribution < 1.29 is 18.7 Å². The summed E-state index contributed by atoms with van der Waals surface area (Å²) in [6.07, 6.45) is -0.486. The van der Waals surface area contributed by atoms with Gasteiger partial charge in [-0.2, -0.15) is 0 Å². The van der Waals surface area contributed by atoms with E-state index in [2.05, 4.69) is 16.0 Å². The van der Waals surface area contributed by atoms with Crippen molar-refractivity contribution >= 4 is 29.9 Å². The monoisotopic (exact) mass is 393 g/mol. The molecule has 0 aliphatic carbocycles. The minimum Gasteiger partial charge on any atom is -0.366 e. The van der Waals surface area contributed by atoms with Gasteiger partial charge in [0.05, 0.1) is 6.61 Å². The standard InChI is InChI=1S/C19H20FN3O3.ClH/c20-15-5-2-4-14(10-15)18(24)23-16-6-1-3-13(9-16)11-22-19(25)17-12-21-7-8-26-17;/h1-6,9-10,17,21H,7-8,11-12H2,(H,22,25)(H,23,24);1H. The third-order valence-electron chi connectivity index (χ3n) is 3.96. The van der Waals surface area contributed by atoms with E-state index in [0.717, 1.165) is 12.1 Å². The number of nitrogens with one attached hydrogen (secondary N) is 3. The van der Waals surface area contributed by atoms with Crippen LogP contribution in [0.1, 0.15) is 15.9 Å². The van der Waals surface area contributed by atoms with E-state index >= 15 is 0 Å². The highest BCUT2D eigenvalue weighted by atomic mass is 35.5. The van der Waals surface area contributed by atoms with Crippen molar-refractivity contribution in [3.05, 3.63) is 65.5 Å². The van der Waals surface area contributed by atoms with Crippen LogP contribution in [0.15, 0.2) is 48.5 Å². The summed E-state index contributed by atoms with van der Waals surface area (Å²) in [5, 5.41) is 8.65. The predicted molar refractivity (Wildman–Crippen MR) is 102 cm³/mol. The van der Waals surface area contributed by atoms with Crippen molar-refractivity contribution in [3.8, 4) is 0 Å². The van der Waals surface area contributed by atoms with Gasteiger partial charge < -0.3 is 20.7 Å². The van der Waals surface area contributed by atoms with Gasteiger partial charge in [0.25, 0.3) is 11.8 Å². The third kappa shape index (κ3) is 6.02. The van der Waals surface area contributed by atoms with Gasteiger partial charge in [-0.1, -0.05) is 18.2 Å². The molecule has 0 saturated carbocycles. The predicted octanol–water partition coefficient (Wildman–Crippen LogP) is 2.10. The van der Waals surface area contributed by atoms with Crippen LogP contribution in [-0.4, -0.2) is 37.6 Å². The molecule has 6 nitrogen and oxygen atoms in total. The largest absolute Gasteiger partial charge is 0.366 e. The number of rotatable bonds is 5. The summed E-state index contributed by atoms with van der Waals surface area (Å²) < 4.78 is 18.6. The van der Waals surface area contributed by atoms with Crippen LogP contribution in [0.2, 0.25) is 0 Å².